The SMILES string of the molecule is Cc1nnc(CN2CCC(C)CC2)o1. The Balaban J connectivity index is 1.86. The van der Waals surface area contributed by atoms with Crippen molar-refractivity contribution in [3.63, 3.8) is 0 Å². The van der Waals surface area contributed by atoms with E-state index in [9.17, 15) is 0 Å². The minimum absolute atomic E-state index is 0.658. The summed E-state index contributed by atoms with van der Waals surface area (Å²) in [5, 5.41) is 7.82. The van der Waals surface area contributed by atoms with E-state index in [0.29, 0.717) is 5.89 Å². The van der Waals surface area contributed by atoms with Crippen molar-refractivity contribution < 1.29 is 4.42 Å². The zero-order valence-corrected chi connectivity index (χ0v) is 8.86. The zero-order valence-electron chi connectivity index (χ0n) is 8.86. The molecule has 0 aromatic carbocycles. The first kappa shape index (κ1) is 9.65. The number of hydrogen-bond acceptors (Lipinski definition) is 4. The van der Waals surface area contributed by atoms with Gasteiger partial charge in [0.2, 0.25) is 11.8 Å². The quantitative estimate of drug-likeness (QED) is 0.719. The van der Waals surface area contributed by atoms with Gasteiger partial charge in [-0.15, -0.1) is 10.2 Å². The predicted octanol–water partition coefficient (Wildman–Crippen LogP) is 1.61. The van der Waals surface area contributed by atoms with Crippen LogP contribution in [-0.4, -0.2) is 28.2 Å². The first-order chi connectivity index (χ1) is 6.74. The van der Waals surface area contributed by atoms with Crippen LogP contribution in [-0.2, 0) is 6.54 Å². The van der Waals surface area contributed by atoms with E-state index in [-0.39, 0.29) is 0 Å². The second-order valence-corrected chi connectivity index (χ2v) is 4.17. The molecule has 0 radical (unpaired) electrons. The lowest BCUT2D eigenvalue weighted by molar-refractivity contribution is 0.170. The predicted molar refractivity (Wildman–Crippen MR) is 52.7 cm³/mol. The molecule has 1 saturated heterocycles. The van der Waals surface area contributed by atoms with Crippen LogP contribution < -0.4 is 0 Å². The molecule has 2 heterocycles. The van der Waals surface area contributed by atoms with Crippen molar-refractivity contribution in [1.29, 1.82) is 0 Å². The summed E-state index contributed by atoms with van der Waals surface area (Å²) in [6.45, 7) is 7.27. The summed E-state index contributed by atoms with van der Waals surface area (Å²) in [6, 6.07) is 0. The Bertz CT molecular complexity index is 289. The molecule has 1 aromatic rings. The minimum atomic E-state index is 0.658. The molecule has 1 aromatic heterocycles. The average Bonchev–Trinajstić information content (AvgIpc) is 2.56. The first-order valence-corrected chi connectivity index (χ1v) is 5.25. The third-order valence-electron chi connectivity index (χ3n) is 2.80. The van der Waals surface area contributed by atoms with Crippen molar-refractivity contribution >= 4 is 0 Å². The molecule has 4 heteroatoms. The number of hydrogen-bond donors (Lipinski definition) is 0. The summed E-state index contributed by atoms with van der Waals surface area (Å²) in [4.78, 5) is 2.38. The van der Waals surface area contributed by atoms with Gasteiger partial charge in [0, 0.05) is 6.92 Å². The highest BCUT2D eigenvalue weighted by atomic mass is 16.4. The maximum absolute atomic E-state index is 5.35. The maximum Gasteiger partial charge on any atom is 0.230 e. The largest absolute Gasteiger partial charge is 0.424 e. The Labute approximate surface area is 84.3 Å². The van der Waals surface area contributed by atoms with Gasteiger partial charge in [0.25, 0.3) is 0 Å². The second kappa shape index (κ2) is 4.09. The van der Waals surface area contributed by atoms with Crippen molar-refractivity contribution in [3.05, 3.63) is 11.8 Å². The van der Waals surface area contributed by atoms with Crippen molar-refractivity contribution in [3.8, 4) is 0 Å². The minimum Gasteiger partial charge on any atom is -0.424 e. The van der Waals surface area contributed by atoms with Gasteiger partial charge in [-0.3, -0.25) is 4.90 Å². The number of likely N-dealkylation sites (tertiary alicyclic amines) is 1. The molecule has 14 heavy (non-hydrogen) atoms. The van der Waals surface area contributed by atoms with Crippen LogP contribution >= 0.6 is 0 Å². The molecule has 4 nitrogen and oxygen atoms in total. The Morgan fingerprint density at radius 2 is 2.07 bits per heavy atom. The molecule has 0 amide bonds. The van der Waals surface area contributed by atoms with E-state index >= 15 is 0 Å². The van der Waals surface area contributed by atoms with Gasteiger partial charge in [-0.05, 0) is 31.8 Å². The van der Waals surface area contributed by atoms with Crippen molar-refractivity contribution in [2.45, 2.75) is 33.2 Å². The lowest BCUT2D eigenvalue weighted by Crippen LogP contribution is -2.32. The molecule has 0 N–H and O–H groups in total. The molecular weight excluding hydrogens is 178 g/mol. The molecule has 0 atom stereocenters. The highest BCUT2D eigenvalue weighted by Crippen LogP contribution is 2.17. The van der Waals surface area contributed by atoms with E-state index in [1.54, 1.807) is 0 Å². The summed E-state index contributed by atoms with van der Waals surface area (Å²) in [5.41, 5.74) is 0. The molecule has 0 saturated carbocycles. The van der Waals surface area contributed by atoms with Gasteiger partial charge < -0.3 is 4.42 Å². The fourth-order valence-electron chi connectivity index (χ4n) is 1.81. The van der Waals surface area contributed by atoms with E-state index in [1.807, 2.05) is 6.92 Å². The summed E-state index contributed by atoms with van der Waals surface area (Å²) < 4.78 is 5.35. The van der Waals surface area contributed by atoms with Crippen molar-refractivity contribution in [2.24, 2.45) is 5.92 Å². The van der Waals surface area contributed by atoms with E-state index in [1.165, 1.54) is 12.8 Å². The van der Waals surface area contributed by atoms with E-state index in [2.05, 4.69) is 22.0 Å². The molecule has 1 fully saturated rings. The molecular formula is C10H17N3O. The van der Waals surface area contributed by atoms with E-state index in [0.717, 1.165) is 31.4 Å². The first-order valence-electron chi connectivity index (χ1n) is 5.25. The lowest BCUT2D eigenvalue weighted by atomic mass is 9.99. The molecule has 78 valence electrons. The van der Waals surface area contributed by atoms with Gasteiger partial charge in [0.15, 0.2) is 0 Å². The van der Waals surface area contributed by atoms with Crippen LogP contribution in [0.3, 0.4) is 0 Å². The fraction of sp³-hybridized carbons (Fsp3) is 0.800. The van der Waals surface area contributed by atoms with Crippen LogP contribution in [0.25, 0.3) is 0 Å². The Hall–Kier alpha value is -0.900. The molecule has 0 bridgehead atoms. The highest BCUT2D eigenvalue weighted by molar-refractivity contribution is 4.80. The van der Waals surface area contributed by atoms with E-state index < -0.39 is 0 Å². The standard InChI is InChI=1S/C10H17N3O/c1-8-3-5-13(6-4-8)7-10-12-11-9(2)14-10/h8H,3-7H2,1-2H3. The van der Waals surface area contributed by atoms with Gasteiger partial charge in [0.05, 0.1) is 6.54 Å². The Morgan fingerprint density at radius 1 is 1.36 bits per heavy atom. The Morgan fingerprint density at radius 3 is 2.64 bits per heavy atom. The Kier molecular flexibility index (Phi) is 2.82. The van der Waals surface area contributed by atoms with Crippen LogP contribution in [0.5, 0.6) is 0 Å². The topological polar surface area (TPSA) is 42.2 Å². The number of rotatable bonds is 2. The highest BCUT2D eigenvalue weighted by Gasteiger charge is 2.17. The van der Waals surface area contributed by atoms with Gasteiger partial charge in [-0.1, -0.05) is 6.92 Å². The molecule has 2 rings (SSSR count). The third kappa shape index (κ3) is 2.32. The normalized spacial score (nSPS) is 20.1. The van der Waals surface area contributed by atoms with Gasteiger partial charge in [-0.2, -0.15) is 0 Å². The molecule has 0 unspecified atom stereocenters. The van der Waals surface area contributed by atoms with Crippen LogP contribution in [0.2, 0.25) is 0 Å². The number of aryl methyl sites for hydroxylation is 1. The number of aromatic nitrogens is 2. The molecule has 1 aliphatic heterocycles. The number of piperidine rings is 1. The summed E-state index contributed by atoms with van der Waals surface area (Å²) in [5.74, 6) is 2.28. The third-order valence-corrected chi connectivity index (χ3v) is 2.80. The van der Waals surface area contributed by atoms with Gasteiger partial charge in [-0.25, -0.2) is 0 Å². The molecule has 0 spiro atoms. The smallest absolute Gasteiger partial charge is 0.230 e. The zero-order chi connectivity index (χ0) is 9.97. The van der Waals surface area contributed by atoms with Crippen LogP contribution in [0, 0.1) is 12.8 Å². The second-order valence-electron chi connectivity index (χ2n) is 4.17. The summed E-state index contributed by atoms with van der Waals surface area (Å²) in [7, 11) is 0. The lowest BCUT2D eigenvalue weighted by Gasteiger charge is -2.28. The van der Waals surface area contributed by atoms with E-state index in [4.69, 9.17) is 4.42 Å². The van der Waals surface area contributed by atoms with Crippen LogP contribution in [0.4, 0.5) is 0 Å². The summed E-state index contributed by atoms with van der Waals surface area (Å²) >= 11 is 0. The van der Waals surface area contributed by atoms with Gasteiger partial charge >= 0.3 is 0 Å². The average molecular weight is 195 g/mol. The molecule has 1 aliphatic rings. The van der Waals surface area contributed by atoms with Crippen molar-refractivity contribution in [2.75, 3.05) is 13.1 Å². The van der Waals surface area contributed by atoms with Crippen LogP contribution in [0.1, 0.15) is 31.5 Å². The van der Waals surface area contributed by atoms with Crippen LogP contribution in [0.15, 0.2) is 4.42 Å². The molecule has 0 aliphatic carbocycles. The fourth-order valence-corrected chi connectivity index (χ4v) is 1.81. The monoisotopic (exact) mass is 195 g/mol. The van der Waals surface area contributed by atoms with Gasteiger partial charge in [0.1, 0.15) is 0 Å². The summed E-state index contributed by atoms with van der Waals surface area (Å²) in [6.07, 6.45) is 2.57. The maximum atomic E-state index is 5.35. The van der Waals surface area contributed by atoms with Crippen molar-refractivity contribution in [1.82, 2.24) is 15.1 Å². The number of nitrogens with zero attached hydrogens (tertiary/aromatic N) is 3.